The highest BCUT2D eigenvalue weighted by Crippen LogP contribution is 2.21. The van der Waals surface area contributed by atoms with Crippen LogP contribution in [0.15, 0.2) is 42.5 Å². The van der Waals surface area contributed by atoms with E-state index in [9.17, 15) is 14.7 Å². The predicted molar refractivity (Wildman–Crippen MR) is 116 cm³/mol. The van der Waals surface area contributed by atoms with E-state index < -0.39 is 6.10 Å². The first-order valence-electron chi connectivity index (χ1n) is 9.74. The largest absolute Gasteiger partial charge is 0.492 e. The molecule has 0 heterocycles. The van der Waals surface area contributed by atoms with Crippen molar-refractivity contribution in [3.8, 4) is 11.5 Å². The Kier molecular flexibility index (Phi) is 9.11. The van der Waals surface area contributed by atoms with Gasteiger partial charge in [-0.15, -0.1) is 0 Å². The van der Waals surface area contributed by atoms with Gasteiger partial charge in [-0.2, -0.15) is 0 Å². The van der Waals surface area contributed by atoms with Crippen molar-refractivity contribution >= 4 is 23.2 Å². The summed E-state index contributed by atoms with van der Waals surface area (Å²) in [5.74, 6) is 1.09. The van der Waals surface area contributed by atoms with Crippen molar-refractivity contribution in [1.29, 1.82) is 0 Å². The zero-order valence-corrected chi connectivity index (χ0v) is 17.5. The molecule has 0 aliphatic heterocycles. The van der Waals surface area contributed by atoms with E-state index in [1.54, 1.807) is 30.3 Å². The third-order valence-electron chi connectivity index (χ3n) is 4.05. The van der Waals surface area contributed by atoms with E-state index in [2.05, 4.69) is 16.0 Å². The topological polar surface area (TPSA) is 109 Å². The fourth-order valence-electron chi connectivity index (χ4n) is 2.65. The number of benzene rings is 2. The van der Waals surface area contributed by atoms with E-state index in [1.165, 1.54) is 13.8 Å². The predicted octanol–water partition coefficient (Wildman–Crippen LogP) is 2.32. The zero-order chi connectivity index (χ0) is 21.9. The summed E-state index contributed by atoms with van der Waals surface area (Å²) in [4.78, 5) is 22.1. The van der Waals surface area contributed by atoms with E-state index in [4.69, 9.17) is 9.47 Å². The molecule has 0 bridgehead atoms. The lowest BCUT2D eigenvalue weighted by Gasteiger charge is -2.14. The molecule has 1 atom stereocenters. The Morgan fingerprint density at radius 1 is 0.967 bits per heavy atom. The van der Waals surface area contributed by atoms with Gasteiger partial charge in [-0.1, -0.05) is 0 Å². The number of carbonyl (C=O) groups excluding carboxylic acids is 2. The Bertz CT molecular complexity index is 839. The van der Waals surface area contributed by atoms with Crippen molar-refractivity contribution in [3.05, 3.63) is 48.0 Å². The summed E-state index contributed by atoms with van der Waals surface area (Å²) >= 11 is 0. The number of aryl methyl sites for hydroxylation is 1. The molecule has 1 unspecified atom stereocenters. The minimum atomic E-state index is -0.667. The molecule has 0 saturated carbocycles. The number of ether oxygens (including phenoxy) is 2. The first-order valence-corrected chi connectivity index (χ1v) is 9.74. The second kappa shape index (κ2) is 11.8. The Morgan fingerprint density at radius 2 is 1.63 bits per heavy atom. The summed E-state index contributed by atoms with van der Waals surface area (Å²) in [6, 6.07) is 12.4. The third kappa shape index (κ3) is 8.50. The van der Waals surface area contributed by atoms with Crippen LogP contribution in [-0.4, -0.2) is 49.3 Å². The maximum atomic E-state index is 11.1. The number of nitrogens with one attached hydrogen (secondary N) is 3. The second-order valence-corrected chi connectivity index (χ2v) is 6.88. The molecule has 0 aliphatic rings. The first-order chi connectivity index (χ1) is 14.3. The Balaban J connectivity index is 1.62. The van der Waals surface area contributed by atoms with Gasteiger partial charge in [0.1, 0.15) is 30.8 Å². The molecule has 0 aromatic heterocycles. The molecule has 2 aromatic rings. The highest BCUT2D eigenvalue weighted by atomic mass is 16.5. The number of hydrogen-bond acceptors (Lipinski definition) is 6. The summed E-state index contributed by atoms with van der Waals surface area (Å²) < 4.78 is 11.2. The molecule has 162 valence electrons. The van der Waals surface area contributed by atoms with Crippen LogP contribution in [-0.2, 0) is 9.59 Å². The van der Waals surface area contributed by atoms with Gasteiger partial charge in [0, 0.05) is 38.3 Å². The van der Waals surface area contributed by atoms with Crippen molar-refractivity contribution < 1.29 is 24.2 Å². The van der Waals surface area contributed by atoms with Crippen molar-refractivity contribution in [2.45, 2.75) is 26.9 Å². The van der Waals surface area contributed by atoms with Crippen LogP contribution < -0.4 is 25.4 Å². The Hall–Kier alpha value is -3.10. The summed E-state index contributed by atoms with van der Waals surface area (Å²) in [5.41, 5.74) is 2.38. The van der Waals surface area contributed by atoms with Crippen LogP contribution in [0.2, 0.25) is 0 Å². The van der Waals surface area contributed by atoms with Gasteiger partial charge in [0.15, 0.2) is 0 Å². The lowest BCUT2D eigenvalue weighted by molar-refractivity contribution is -0.115. The minimum Gasteiger partial charge on any atom is -0.492 e. The molecule has 30 heavy (non-hydrogen) atoms. The molecular weight excluding hydrogens is 386 g/mol. The molecule has 8 heteroatoms. The van der Waals surface area contributed by atoms with Crippen LogP contribution in [0, 0.1) is 6.92 Å². The average Bonchev–Trinajstić information content (AvgIpc) is 2.68. The number of aliphatic hydroxyl groups excluding tert-OH is 1. The standard InChI is InChI=1S/C22H29N3O5/c1-15-12-21(8-9-22(15)25-17(3)27)29-11-10-23-13-19(28)14-30-20-6-4-18(5-7-20)24-16(2)26/h4-9,12,19,23,28H,10-11,13-14H2,1-3H3,(H,24,26)(H,25,27). The lowest BCUT2D eigenvalue weighted by Crippen LogP contribution is -2.33. The van der Waals surface area contributed by atoms with Gasteiger partial charge in [-0.05, 0) is 55.0 Å². The Labute approximate surface area is 176 Å². The number of carbonyl (C=O) groups is 2. The number of hydrogen-bond donors (Lipinski definition) is 4. The molecule has 0 radical (unpaired) electrons. The van der Waals surface area contributed by atoms with Gasteiger partial charge in [-0.3, -0.25) is 9.59 Å². The molecule has 4 N–H and O–H groups in total. The summed E-state index contributed by atoms with van der Waals surface area (Å²) in [7, 11) is 0. The van der Waals surface area contributed by atoms with E-state index in [1.807, 2.05) is 19.1 Å². The van der Waals surface area contributed by atoms with Crippen LogP contribution in [0.5, 0.6) is 11.5 Å². The van der Waals surface area contributed by atoms with Crippen molar-refractivity contribution in [3.63, 3.8) is 0 Å². The highest BCUT2D eigenvalue weighted by molar-refractivity contribution is 5.89. The van der Waals surface area contributed by atoms with E-state index >= 15 is 0 Å². The smallest absolute Gasteiger partial charge is 0.221 e. The molecular formula is C22H29N3O5. The van der Waals surface area contributed by atoms with Crippen molar-refractivity contribution in [2.75, 3.05) is 36.9 Å². The fourth-order valence-corrected chi connectivity index (χ4v) is 2.65. The highest BCUT2D eigenvalue weighted by Gasteiger charge is 2.06. The third-order valence-corrected chi connectivity index (χ3v) is 4.05. The van der Waals surface area contributed by atoms with Crippen LogP contribution in [0.1, 0.15) is 19.4 Å². The minimum absolute atomic E-state index is 0.111. The van der Waals surface area contributed by atoms with Gasteiger partial charge in [0.2, 0.25) is 11.8 Å². The molecule has 2 amide bonds. The quantitative estimate of drug-likeness (QED) is 0.420. The van der Waals surface area contributed by atoms with E-state index in [0.717, 1.165) is 17.0 Å². The summed E-state index contributed by atoms with van der Waals surface area (Å²) in [6.07, 6.45) is -0.667. The van der Waals surface area contributed by atoms with Gasteiger partial charge in [-0.25, -0.2) is 0 Å². The number of amides is 2. The summed E-state index contributed by atoms with van der Waals surface area (Å²) in [6.45, 7) is 6.35. The molecule has 8 nitrogen and oxygen atoms in total. The molecule has 0 fully saturated rings. The number of aliphatic hydroxyl groups is 1. The van der Waals surface area contributed by atoms with E-state index in [0.29, 0.717) is 31.1 Å². The van der Waals surface area contributed by atoms with Gasteiger partial charge in [0.05, 0.1) is 0 Å². The van der Waals surface area contributed by atoms with Gasteiger partial charge < -0.3 is 30.5 Å². The monoisotopic (exact) mass is 415 g/mol. The van der Waals surface area contributed by atoms with Gasteiger partial charge in [0.25, 0.3) is 0 Å². The average molecular weight is 415 g/mol. The van der Waals surface area contributed by atoms with Crippen LogP contribution >= 0.6 is 0 Å². The van der Waals surface area contributed by atoms with Crippen molar-refractivity contribution in [2.24, 2.45) is 0 Å². The Morgan fingerprint density at radius 3 is 2.27 bits per heavy atom. The normalized spacial score (nSPS) is 11.5. The zero-order valence-electron chi connectivity index (χ0n) is 17.5. The molecule has 0 saturated heterocycles. The lowest BCUT2D eigenvalue weighted by atomic mass is 10.2. The fraction of sp³-hybridized carbons (Fsp3) is 0.364. The van der Waals surface area contributed by atoms with E-state index in [-0.39, 0.29) is 18.4 Å². The van der Waals surface area contributed by atoms with Crippen LogP contribution in [0.25, 0.3) is 0 Å². The van der Waals surface area contributed by atoms with Gasteiger partial charge >= 0.3 is 0 Å². The molecule has 2 aromatic carbocycles. The van der Waals surface area contributed by atoms with Crippen molar-refractivity contribution in [1.82, 2.24) is 5.32 Å². The number of rotatable bonds is 11. The maximum Gasteiger partial charge on any atom is 0.221 e. The molecule has 0 aliphatic carbocycles. The maximum absolute atomic E-state index is 11.1. The summed E-state index contributed by atoms with van der Waals surface area (Å²) in [5, 5.41) is 18.6. The molecule has 2 rings (SSSR count). The van der Waals surface area contributed by atoms with Crippen LogP contribution in [0.4, 0.5) is 11.4 Å². The number of anilines is 2. The molecule has 0 spiro atoms. The second-order valence-electron chi connectivity index (χ2n) is 6.88. The SMILES string of the molecule is CC(=O)Nc1ccc(OCC(O)CNCCOc2ccc(NC(C)=O)c(C)c2)cc1. The first kappa shape index (κ1) is 23.2. The van der Waals surface area contributed by atoms with Crippen LogP contribution in [0.3, 0.4) is 0 Å².